The number of aliphatic hydroxyl groups is 2. The maximum atomic E-state index is 12.4. The summed E-state index contributed by atoms with van der Waals surface area (Å²) < 4.78 is 0. The molecule has 0 aromatic rings. The molecule has 4 heteroatoms. The van der Waals surface area contributed by atoms with E-state index in [-0.39, 0.29) is 12.5 Å². The Morgan fingerprint density at radius 1 is 0.463 bits per heavy atom. The van der Waals surface area contributed by atoms with Crippen LogP contribution in [0.3, 0.4) is 0 Å². The van der Waals surface area contributed by atoms with Crippen molar-refractivity contribution >= 4 is 5.91 Å². The molecule has 4 nitrogen and oxygen atoms in total. The Hall–Kier alpha value is -2.43. The van der Waals surface area contributed by atoms with Gasteiger partial charge in [0.15, 0.2) is 0 Å². The summed E-state index contributed by atoms with van der Waals surface area (Å²) >= 11 is 0. The smallest absolute Gasteiger partial charge is 0.220 e. The third kappa shape index (κ3) is 40.7. The van der Waals surface area contributed by atoms with Crippen molar-refractivity contribution in [1.82, 2.24) is 5.32 Å². The van der Waals surface area contributed by atoms with E-state index < -0.39 is 12.1 Å². The fraction of sp³-hybridized carbons (Fsp3) is 0.700. The average Bonchev–Trinajstić information content (AvgIpc) is 3.18. The van der Waals surface area contributed by atoms with Gasteiger partial charge in [0.2, 0.25) is 5.91 Å². The van der Waals surface area contributed by atoms with Crippen LogP contribution in [0, 0.1) is 0 Å². The summed E-state index contributed by atoms with van der Waals surface area (Å²) in [6.07, 6.45) is 65.4. The highest BCUT2D eigenvalue weighted by Crippen LogP contribution is 2.14. The van der Waals surface area contributed by atoms with Crippen LogP contribution in [0.5, 0.6) is 0 Å². The summed E-state index contributed by atoms with van der Waals surface area (Å²) in [6, 6.07) is -0.635. The number of carbonyl (C=O) groups is 1. The van der Waals surface area contributed by atoms with Crippen LogP contribution in [0.15, 0.2) is 85.1 Å². The average molecular weight is 750 g/mol. The van der Waals surface area contributed by atoms with Crippen LogP contribution in [0.1, 0.15) is 206 Å². The van der Waals surface area contributed by atoms with E-state index in [2.05, 4.69) is 92.1 Å². The zero-order chi connectivity index (χ0) is 39.3. The topological polar surface area (TPSA) is 69.6 Å². The maximum Gasteiger partial charge on any atom is 0.220 e. The van der Waals surface area contributed by atoms with E-state index in [0.29, 0.717) is 6.42 Å². The Morgan fingerprint density at radius 3 is 1.22 bits per heavy atom. The van der Waals surface area contributed by atoms with Crippen molar-refractivity contribution in [3.8, 4) is 0 Å². The van der Waals surface area contributed by atoms with E-state index in [9.17, 15) is 15.0 Å². The van der Waals surface area contributed by atoms with Gasteiger partial charge in [0.25, 0.3) is 0 Å². The summed E-state index contributed by atoms with van der Waals surface area (Å²) in [7, 11) is 0. The quantitative estimate of drug-likeness (QED) is 0.0431. The molecule has 1 amide bonds. The van der Waals surface area contributed by atoms with Crippen molar-refractivity contribution in [2.45, 2.75) is 219 Å². The van der Waals surface area contributed by atoms with Gasteiger partial charge in [-0.2, -0.15) is 0 Å². The first-order valence-electron chi connectivity index (χ1n) is 22.8. The number of amides is 1. The van der Waals surface area contributed by atoms with E-state index in [4.69, 9.17) is 0 Å². The normalized spacial score (nSPS) is 13.8. The molecule has 2 unspecified atom stereocenters. The fourth-order valence-electron chi connectivity index (χ4n) is 6.42. The summed E-state index contributed by atoms with van der Waals surface area (Å²) in [5, 5.41) is 23.0. The predicted octanol–water partition coefficient (Wildman–Crippen LogP) is 14.5. The number of hydrogen-bond acceptors (Lipinski definition) is 3. The number of rotatable bonds is 40. The molecule has 0 bridgehead atoms. The van der Waals surface area contributed by atoms with Crippen molar-refractivity contribution in [3.63, 3.8) is 0 Å². The Balaban J connectivity index is 3.66. The third-order valence-electron chi connectivity index (χ3n) is 9.88. The van der Waals surface area contributed by atoms with Gasteiger partial charge in [-0.15, -0.1) is 0 Å². The molecule has 0 rings (SSSR count). The monoisotopic (exact) mass is 750 g/mol. The van der Waals surface area contributed by atoms with Crippen molar-refractivity contribution in [2.75, 3.05) is 6.61 Å². The molecule has 0 aliphatic rings. The standard InChI is InChI=1S/C50H87NO3/c1-3-5-7-9-11-13-15-17-19-21-22-23-24-25-26-27-28-30-32-34-36-38-40-42-44-46-50(54)51-48(47-52)49(53)45-43-41-39-37-35-33-31-29-20-18-16-14-12-10-8-6-4-2/h5,7,11,13,17,19,22-23,25-26,28,30,43,45,48-49,52-53H,3-4,6,8-10,12,14-16,18,20-21,24,27,29,31-42,44,46-47H2,1-2H3,(H,51,54)/b7-5-,13-11-,19-17-,23-22-,26-25-,30-28-,45-43+. The molecule has 0 aliphatic carbocycles. The molecule has 0 aliphatic heterocycles. The van der Waals surface area contributed by atoms with Gasteiger partial charge in [0.1, 0.15) is 0 Å². The van der Waals surface area contributed by atoms with Crippen LogP contribution in [-0.2, 0) is 4.79 Å². The molecule has 2 atom stereocenters. The number of carbonyl (C=O) groups excluding carboxylic acids is 1. The SMILES string of the molecule is CC/C=C\C/C=C\C/C=C\C/C=C\C/C=C\C/C=C\CCCCCCCCC(=O)NC(CO)C(O)/C=C/CCCCCCCCCCCCCCCCC. The lowest BCUT2D eigenvalue weighted by Crippen LogP contribution is -2.45. The van der Waals surface area contributed by atoms with Crippen molar-refractivity contribution in [2.24, 2.45) is 0 Å². The minimum absolute atomic E-state index is 0.0819. The number of aliphatic hydroxyl groups excluding tert-OH is 2. The Morgan fingerprint density at radius 2 is 0.815 bits per heavy atom. The van der Waals surface area contributed by atoms with Crippen LogP contribution in [0.2, 0.25) is 0 Å². The van der Waals surface area contributed by atoms with E-state index in [1.165, 1.54) is 109 Å². The van der Waals surface area contributed by atoms with Gasteiger partial charge in [0.05, 0.1) is 18.8 Å². The fourth-order valence-corrected chi connectivity index (χ4v) is 6.42. The molecule has 54 heavy (non-hydrogen) atoms. The van der Waals surface area contributed by atoms with Crippen molar-refractivity contribution in [1.29, 1.82) is 0 Å². The van der Waals surface area contributed by atoms with E-state index in [1.54, 1.807) is 6.08 Å². The number of nitrogens with one attached hydrogen (secondary N) is 1. The minimum Gasteiger partial charge on any atom is -0.394 e. The molecule has 0 aromatic carbocycles. The molecule has 0 heterocycles. The van der Waals surface area contributed by atoms with Crippen LogP contribution >= 0.6 is 0 Å². The zero-order valence-electron chi connectivity index (χ0n) is 35.5. The van der Waals surface area contributed by atoms with Crippen molar-refractivity contribution in [3.05, 3.63) is 85.1 Å². The Bertz CT molecular complexity index is 988. The number of hydrogen-bond donors (Lipinski definition) is 3. The Labute approximate surface area is 335 Å². The van der Waals surface area contributed by atoms with E-state index in [0.717, 1.165) is 77.0 Å². The molecular formula is C50H87NO3. The summed E-state index contributed by atoms with van der Waals surface area (Å²) in [5.74, 6) is -0.0819. The first kappa shape index (κ1) is 51.6. The third-order valence-corrected chi connectivity index (χ3v) is 9.88. The lowest BCUT2D eigenvalue weighted by atomic mass is 10.0. The van der Waals surface area contributed by atoms with Gasteiger partial charge in [-0.25, -0.2) is 0 Å². The van der Waals surface area contributed by atoms with Crippen LogP contribution in [-0.4, -0.2) is 34.9 Å². The van der Waals surface area contributed by atoms with Gasteiger partial charge in [-0.3, -0.25) is 4.79 Å². The second-order valence-corrected chi connectivity index (χ2v) is 15.1. The second kappa shape index (κ2) is 45.0. The zero-order valence-corrected chi connectivity index (χ0v) is 35.5. The molecule has 0 saturated carbocycles. The number of unbranched alkanes of at least 4 members (excludes halogenated alkanes) is 21. The highest BCUT2D eigenvalue weighted by Gasteiger charge is 2.17. The van der Waals surface area contributed by atoms with Gasteiger partial charge < -0.3 is 15.5 Å². The van der Waals surface area contributed by atoms with E-state index >= 15 is 0 Å². The molecule has 0 saturated heterocycles. The lowest BCUT2D eigenvalue weighted by Gasteiger charge is -2.20. The van der Waals surface area contributed by atoms with Crippen LogP contribution in [0.25, 0.3) is 0 Å². The number of allylic oxidation sites excluding steroid dienone is 13. The molecule has 0 spiro atoms. The summed E-state index contributed by atoms with van der Waals surface area (Å²) in [5.41, 5.74) is 0. The highest BCUT2D eigenvalue weighted by molar-refractivity contribution is 5.76. The molecular weight excluding hydrogens is 663 g/mol. The summed E-state index contributed by atoms with van der Waals surface area (Å²) in [6.45, 7) is 4.18. The molecule has 3 N–H and O–H groups in total. The predicted molar refractivity (Wildman–Crippen MR) is 239 cm³/mol. The van der Waals surface area contributed by atoms with Gasteiger partial charge in [0, 0.05) is 6.42 Å². The summed E-state index contributed by atoms with van der Waals surface area (Å²) in [4.78, 5) is 12.4. The van der Waals surface area contributed by atoms with Gasteiger partial charge in [-0.05, 0) is 70.6 Å². The van der Waals surface area contributed by atoms with Crippen LogP contribution < -0.4 is 5.32 Å². The lowest BCUT2D eigenvalue weighted by molar-refractivity contribution is -0.123. The molecule has 310 valence electrons. The highest BCUT2D eigenvalue weighted by atomic mass is 16.3. The van der Waals surface area contributed by atoms with Gasteiger partial charge >= 0.3 is 0 Å². The molecule has 0 radical (unpaired) electrons. The largest absolute Gasteiger partial charge is 0.394 e. The minimum atomic E-state index is -0.851. The first-order chi connectivity index (χ1) is 26.7. The van der Waals surface area contributed by atoms with Crippen LogP contribution in [0.4, 0.5) is 0 Å². The second-order valence-electron chi connectivity index (χ2n) is 15.1. The van der Waals surface area contributed by atoms with E-state index in [1.807, 2.05) is 6.08 Å². The maximum absolute atomic E-state index is 12.4. The van der Waals surface area contributed by atoms with Gasteiger partial charge in [-0.1, -0.05) is 214 Å². The van der Waals surface area contributed by atoms with Crippen molar-refractivity contribution < 1.29 is 15.0 Å². The Kier molecular flexibility index (Phi) is 42.9. The molecule has 0 aromatic heterocycles. The first-order valence-corrected chi connectivity index (χ1v) is 22.8. The molecule has 0 fully saturated rings.